The maximum Gasteiger partial charge on any atom is 0.0471 e. The van der Waals surface area contributed by atoms with Gasteiger partial charge in [-0.3, -0.25) is 0 Å². The van der Waals surface area contributed by atoms with Gasteiger partial charge in [-0.25, -0.2) is 0 Å². The first-order valence-electron chi connectivity index (χ1n) is 6.27. The molecule has 0 fully saturated rings. The summed E-state index contributed by atoms with van der Waals surface area (Å²) in [6.07, 6.45) is 2.13. The summed E-state index contributed by atoms with van der Waals surface area (Å²) in [5.74, 6) is 1.13. The third kappa shape index (κ3) is 4.71. The zero-order chi connectivity index (χ0) is 13.5. The van der Waals surface area contributed by atoms with E-state index in [-0.39, 0.29) is 0 Å². The number of benzene rings is 1. The van der Waals surface area contributed by atoms with Crippen molar-refractivity contribution in [3.05, 3.63) is 28.8 Å². The van der Waals surface area contributed by atoms with Crippen LogP contribution in [0.4, 0.5) is 5.69 Å². The topological polar surface area (TPSA) is 15.3 Å². The quantitative estimate of drug-likeness (QED) is 0.824. The Balaban J connectivity index is 2.85. The molecular weight excluding hydrogens is 264 g/mol. The molecule has 0 amide bonds. The molecule has 0 heterocycles. The van der Waals surface area contributed by atoms with Gasteiger partial charge < -0.3 is 10.2 Å². The van der Waals surface area contributed by atoms with Gasteiger partial charge >= 0.3 is 0 Å². The summed E-state index contributed by atoms with van der Waals surface area (Å²) in [5, 5.41) is 4.28. The van der Waals surface area contributed by atoms with Crippen molar-refractivity contribution in [2.75, 3.05) is 30.5 Å². The average molecular weight is 287 g/mol. The minimum absolute atomic E-state index is 0.464. The van der Waals surface area contributed by atoms with Gasteiger partial charge in [-0.1, -0.05) is 31.5 Å². The van der Waals surface area contributed by atoms with Crippen molar-refractivity contribution in [2.24, 2.45) is 0 Å². The zero-order valence-corrected chi connectivity index (χ0v) is 13.2. The molecule has 0 spiro atoms. The van der Waals surface area contributed by atoms with Gasteiger partial charge in [0.05, 0.1) is 0 Å². The largest absolute Gasteiger partial charge is 0.373 e. The highest BCUT2D eigenvalue weighted by Crippen LogP contribution is 2.27. The van der Waals surface area contributed by atoms with Gasteiger partial charge in [0.25, 0.3) is 0 Å². The summed E-state index contributed by atoms with van der Waals surface area (Å²) < 4.78 is 0. The van der Waals surface area contributed by atoms with Crippen LogP contribution in [0.25, 0.3) is 0 Å². The summed E-state index contributed by atoms with van der Waals surface area (Å²) in [6, 6.07) is 6.59. The summed E-state index contributed by atoms with van der Waals surface area (Å²) in [6.45, 7) is 6.15. The van der Waals surface area contributed by atoms with Crippen LogP contribution in [0.5, 0.6) is 0 Å². The Morgan fingerprint density at radius 3 is 2.72 bits per heavy atom. The van der Waals surface area contributed by atoms with Gasteiger partial charge in [0.2, 0.25) is 0 Å². The number of nitrogens with one attached hydrogen (secondary N) is 1. The standard InChI is InChI=1S/C14H23ClN2S/c1-11(2)16-10-12-13(15)6-5-7-14(12)17(3)8-9-18-4/h5-7,11,16H,8-10H2,1-4H3. The van der Waals surface area contributed by atoms with Crippen molar-refractivity contribution < 1.29 is 0 Å². The number of thioether (sulfide) groups is 1. The predicted octanol–water partition coefficient (Wildman–Crippen LogP) is 3.64. The number of anilines is 1. The lowest BCUT2D eigenvalue weighted by molar-refractivity contribution is 0.588. The van der Waals surface area contributed by atoms with Crippen molar-refractivity contribution in [1.82, 2.24) is 5.32 Å². The molecule has 0 aliphatic heterocycles. The normalized spacial score (nSPS) is 11.0. The molecule has 0 saturated heterocycles. The molecule has 1 rings (SSSR count). The van der Waals surface area contributed by atoms with Crippen molar-refractivity contribution in [2.45, 2.75) is 26.4 Å². The monoisotopic (exact) mass is 286 g/mol. The predicted molar refractivity (Wildman–Crippen MR) is 85.1 cm³/mol. The molecule has 1 aromatic carbocycles. The molecule has 0 aliphatic carbocycles. The second-order valence-corrected chi connectivity index (χ2v) is 6.08. The van der Waals surface area contributed by atoms with Gasteiger partial charge in [-0.2, -0.15) is 11.8 Å². The van der Waals surface area contributed by atoms with Crippen LogP contribution < -0.4 is 10.2 Å². The van der Waals surface area contributed by atoms with Crippen LogP contribution in [-0.2, 0) is 6.54 Å². The maximum absolute atomic E-state index is 6.32. The van der Waals surface area contributed by atoms with E-state index in [0.29, 0.717) is 6.04 Å². The summed E-state index contributed by atoms with van der Waals surface area (Å²) in [5.41, 5.74) is 2.42. The Bertz CT molecular complexity index is 369. The second-order valence-electron chi connectivity index (χ2n) is 4.69. The first-order valence-corrected chi connectivity index (χ1v) is 8.04. The number of nitrogens with zero attached hydrogens (tertiary/aromatic N) is 1. The number of rotatable bonds is 7. The van der Waals surface area contributed by atoms with Crippen molar-refractivity contribution in [1.29, 1.82) is 0 Å². The molecule has 0 unspecified atom stereocenters. The molecular formula is C14H23ClN2S. The Labute approximate surface area is 120 Å². The molecule has 2 nitrogen and oxygen atoms in total. The van der Waals surface area contributed by atoms with Crippen LogP contribution in [0.1, 0.15) is 19.4 Å². The zero-order valence-electron chi connectivity index (χ0n) is 11.7. The third-order valence-electron chi connectivity index (χ3n) is 2.82. The van der Waals surface area contributed by atoms with Crippen LogP contribution in [0.15, 0.2) is 18.2 Å². The SMILES string of the molecule is CSCCN(C)c1cccc(Cl)c1CNC(C)C. The number of hydrogen-bond donors (Lipinski definition) is 1. The Morgan fingerprint density at radius 2 is 2.11 bits per heavy atom. The minimum atomic E-state index is 0.464. The second kappa shape index (κ2) is 7.93. The summed E-state index contributed by atoms with van der Waals surface area (Å²) >= 11 is 8.18. The minimum Gasteiger partial charge on any atom is -0.373 e. The van der Waals surface area contributed by atoms with Crippen LogP contribution in [0.2, 0.25) is 5.02 Å². The molecule has 0 radical (unpaired) electrons. The first kappa shape index (κ1) is 15.7. The lowest BCUT2D eigenvalue weighted by atomic mass is 10.1. The fourth-order valence-electron chi connectivity index (χ4n) is 1.73. The van der Waals surface area contributed by atoms with Gasteiger partial charge in [0.1, 0.15) is 0 Å². The Kier molecular flexibility index (Phi) is 6.90. The fourth-order valence-corrected chi connectivity index (χ4v) is 2.43. The summed E-state index contributed by atoms with van der Waals surface area (Å²) in [4.78, 5) is 2.28. The smallest absolute Gasteiger partial charge is 0.0471 e. The van der Waals surface area contributed by atoms with Crippen molar-refractivity contribution >= 4 is 29.1 Å². The molecule has 102 valence electrons. The first-order chi connectivity index (χ1) is 8.56. The fraction of sp³-hybridized carbons (Fsp3) is 0.571. The molecule has 1 N–H and O–H groups in total. The number of halogens is 1. The van der Waals surface area contributed by atoms with Crippen LogP contribution >= 0.6 is 23.4 Å². The van der Waals surface area contributed by atoms with E-state index in [4.69, 9.17) is 11.6 Å². The van der Waals surface area contributed by atoms with Crippen LogP contribution in [0.3, 0.4) is 0 Å². The van der Waals surface area contributed by atoms with E-state index >= 15 is 0 Å². The molecule has 0 atom stereocenters. The Morgan fingerprint density at radius 1 is 1.39 bits per heavy atom. The van der Waals surface area contributed by atoms with Gasteiger partial charge in [0.15, 0.2) is 0 Å². The highest BCUT2D eigenvalue weighted by molar-refractivity contribution is 7.98. The lowest BCUT2D eigenvalue weighted by Crippen LogP contribution is -2.26. The van der Waals surface area contributed by atoms with Gasteiger partial charge in [0, 0.05) is 48.2 Å². The Hall–Kier alpha value is -0.380. The molecule has 0 saturated carbocycles. The van der Waals surface area contributed by atoms with E-state index in [1.165, 1.54) is 11.3 Å². The van der Waals surface area contributed by atoms with E-state index in [1.54, 1.807) is 0 Å². The lowest BCUT2D eigenvalue weighted by Gasteiger charge is -2.23. The van der Waals surface area contributed by atoms with Crippen LogP contribution in [0, 0.1) is 0 Å². The molecule has 1 aromatic rings. The maximum atomic E-state index is 6.32. The van der Waals surface area contributed by atoms with Gasteiger partial charge in [-0.05, 0) is 18.4 Å². The van der Waals surface area contributed by atoms with E-state index in [0.717, 1.165) is 23.9 Å². The highest BCUT2D eigenvalue weighted by atomic mass is 35.5. The molecule has 4 heteroatoms. The van der Waals surface area contributed by atoms with Crippen molar-refractivity contribution in [3.63, 3.8) is 0 Å². The summed E-state index contributed by atoms with van der Waals surface area (Å²) in [7, 11) is 2.13. The molecule has 0 bridgehead atoms. The van der Waals surface area contributed by atoms with E-state index < -0.39 is 0 Å². The van der Waals surface area contributed by atoms with Crippen molar-refractivity contribution in [3.8, 4) is 0 Å². The van der Waals surface area contributed by atoms with Crippen LogP contribution in [-0.4, -0.2) is 31.6 Å². The number of hydrogen-bond acceptors (Lipinski definition) is 3. The van der Waals surface area contributed by atoms with E-state index in [9.17, 15) is 0 Å². The average Bonchev–Trinajstić information content (AvgIpc) is 2.34. The van der Waals surface area contributed by atoms with Gasteiger partial charge in [-0.15, -0.1) is 0 Å². The molecule has 0 aromatic heterocycles. The molecule has 18 heavy (non-hydrogen) atoms. The van der Waals surface area contributed by atoms with E-state index in [2.05, 4.69) is 43.4 Å². The third-order valence-corrected chi connectivity index (χ3v) is 3.77. The molecule has 0 aliphatic rings. The van der Waals surface area contributed by atoms with E-state index in [1.807, 2.05) is 23.9 Å². The highest BCUT2D eigenvalue weighted by Gasteiger charge is 2.10.